The van der Waals surface area contributed by atoms with Gasteiger partial charge in [0.15, 0.2) is 5.78 Å². The minimum Gasteiger partial charge on any atom is -0.490 e. The van der Waals surface area contributed by atoms with Crippen LogP contribution in [-0.2, 0) is 12.1 Å². The second-order valence-corrected chi connectivity index (χ2v) is 8.25. The van der Waals surface area contributed by atoms with E-state index in [1.165, 1.54) is 29.5 Å². The number of allylic oxidation sites excluding steroid dienone is 1. The summed E-state index contributed by atoms with van der Waals surface area (Å²) in [5.41, 5.74) is -0.748. The Morgan fingerprint density at radius 3 is 2.49 bits per heavy atom. The Labute approximate surface area is 205 Å². The van der Waals surface area contributed by atoms with Crippen molar-refractivity contribution in [2.75, 3.05) is 6.61 Å². The average Bonchev–Trinajstić information content (AvgIpc) is 3.35. The molecule has 0 saturated carbocycles. The standard InChI is InChI=1S/C26H20ClF2N3O3/c27-20-6-1-18(2-7-20)3-12-25(33)19-4-9-22(10-5-19)35-15-26(34,14-32-17-30-16-31-32)23-11-8-21(28)13-24(23)29/h1-13,16-17,34H,14-15H2/b12-3+/t26-/m0/s1. The van der Waals surface area contributed by atoms with Gasteiger partial charge in [-0.3, -0.25) is 4.79 Å². The van der Waals surface area contributed by atoms with E-state index in [0.29, 0.717) is 22.4 Å². The number of benzene rings is 3. The molecule has 1 atom stereocenters. The summed E-state index contributed by atoms with van der Waals surface area (Å²) in [4.78, 5) is 16.3. The van der Waals surface area contributed by atoms with Gasteiger partial charge < -0.3 is 9.84 Å². The van der Waals surface area contributed by atoms with E-state index in [-0.39, 0.29) is 24.5 Å². The third kappa shape index (κ3) is 6.17. The number of aromatic nitrogens is 3. The quantitative estimate of drug-likeness (QED) is 0.259. The molecule has 4 aromatic rings. The molecule has 0 aliphatic rings. The Kier molecular flexibility index (Phi) is 7.33. The van der Waals surface area contributed by atoms with Crippen LogP contribution in [0.1, 0.15) is 21.5 Å². The highest BCUT2D eigenvalue weighted by molar-refractivity contribution is 6.30. The molecule has 0 saturated heterocycles. The summed E-state index contributed by atoms with van der Waals surface area (Å²) in [5, 5.41) is 15.8. The highest BCUT2D eigenvalue weighted by atomic mass is 35.5. The van der Waals surface area contributed by atoms with Crippen molar-refractivity contribution in [3.63, 3.8) is 0 Å². The van der Waals surface area contributed by atoms with Gasteiger partial charge in [-0.2, -0.15) is 5.10 Å². The first-order valence-electron chi connectivity index (χ1n) is 10.5. The number of ketones is 1. The molecule has 0 unspecified atom stereocenters. The average molecular weight is 496 g/mol. The molecular weight excluding hydrogens is 476 g/mol. The first kappa shape index (κ1) is 24.3. The molecule has 0 spiro atoms. The number of ether oxygens (including phenoxy) is 1. The molecule has 0 aliphatic heterocycles. The van der Waals surface area contributed by atoms with Crippen LogP contribution in [0.2, 0.25) is 5.02 Å². The molecule has 0 bridgehead atoms. The molecule has 178 valence electrons. The third-order valence-electron chi connectivity index (χ3n) is 5.24. The molecule has 6 nitrogen and oxygen atoms in total. The van der Waals surface area contributed by atoms with E-state index in [1.807, 2.05) is 0 Å². The van der Waals surface area contributed by atoms with E-state index < -0.39 is 17.2 Å². The highest BCUT2D eigenvalue weighted by Gasteiger charge is 2.34. The van der Waals surface area contributed by atoms with Crippen LogP contribution in [0.25, 0.3) is 6.08 Å². The van der Waals surface area contributed by atoms with Gasteiger partial charge in [-0.1, -0.05) is 35.9 Å². The maximum absolute atomic E-state index is 14.5. The SMILES string of the molecule is O=C(/C=C/c1ccc(Cl)cc1)c1ccc(OC[C@@](O)(Cn2cncn2)c2ccc(F)cc2F)cc1. The molecule has 3 aromatic carbocycles. The number of halogens is 3. The minimum absolute atomic E-state index is 0.145. The van der Waals surface area contributed by atoms with Crippen LogP contribution in [-0.4, -0.2) is 32.3 Å². The molecule has 0 amide bonds. The largest absolute Gasteiger partial charge is 0.490 e. The summed E-state index contributed by atoms with van der Waals surface area (Å²) in [7, 11) is 0. The lowest BCUT2D eigenvalue weighted by molar-refractivity contribution is -0.0297. The van der Waals surface area contributed by atoms with Gasteiger partial charge in [-0.25, -0.2) is 18.4 Å². The Hall–Kier alpha value is -3.88. The van der Waals surface area contributed by atoms with E-state index in [1.54, 1.807) is 54.6 Å². The van der Waals surface area contributed by atoms with Gasteiger partial charge in [0.05, 0.1) is 6.54 Å². The number of nitrogens with zero attached hydrogens (tertiary/aromatic N) is 3. The number of rotatable bonds is 9. The van der Waals surface area contributed by atoms with E-state index in [9.17, 15) is 18.7 Å². The van der Waals surface area contributed by atoms with Crippen LogP contribution < -0.4 is 4.74 Å². The van der Waals surface area contributed by atoms with Crippen LogP contribution in [0.15, 0.2) is 85.5 Å². The normalized spacial score (nSPS) is 13.0. The minimum atomic E-state index is -1.87. The Morgan fingerprint density at radius 1 is 1.09 bits per heavy atom. The van der Waals surface area contributed by atoms with Crippen LogP contribution in [0.3, 0.4) is 0 Å². The Morgan fingerprint density at radius 2 is 1.83 bits per heavy atom. The van der Waals surface area contributed by atoms with Crippen LogP contribution in [0.5, 0.6) is 5.75 Å². The summed E-state index contributed by atoms with van der Waals surface area (Å²) in [6, 6.07) is 16.3. The van der Waals surface area contributed by atoms with Crippen molar-refractivity contribution in [2.45, 2.75) is 12.1 Å². The zero-order valence-corrected chi connectivity index (χ0v) is 19.1. The van der Waals surface area contributed by atoms with Crippen molar-refractivity contribution in [1.82, 2.24) is 14.8 Å². The monoisotopic (exact) mass is 495 g/mol. The summed E-state index contributed by atoms with van der Waals surface area (Å²) in [6.07, 6.45) is 5.78. The zero-order valence-electron chi connectivity index (χ0n) is 18.3. The molecule has 0 radical (unpaired) electrons. The van der Waals surface area contributed by atoms with Crippen LogP contribution in [0.4, 0.5) is 8.78 Å². The molecule has 35 heavy (non-hydrogen) atoms. The lowest BCUT2D eigenvalue weighted by Gasteiger charge is -2.29. The molecule has 9 heteroatoms. The van der Waals surface area contributed by atoms with Crippen LogP contribution >= 0.6 is 11.6 Å². The van der Waals surface area contributed by atoms with Gasteiger partial charge in [0.1, 0.15) is 42.2 Å². The predicted octanol–water partition coefficient (Wildman–Crippen LogP) is 5.07. The Bertz CT molecular complexity index is 1330. The van der Waals surface area contributed by atoms with Gasteiger partial charge in [0, 0.05) is 22.2 Å². The molecule has 1 aromatic heterocycles. The maximum atomic E-state index is 14.5. The number of aliphatic hydroxyl groups is 1. The first-order chi connectivity index (χ1) is 16.8. The second kappa shape index (κ2) is 10.6. The fourth-order valence-electron chi connectivity index (χ4n) is 3.42. The van der Waals surface area contributed by atoms with Crippen molar-refractivity contribution in [2.24, 2.45) is 0 Å². The number of carbonyl (C=O) groups is 1. The molecule has 4 rings (SSSR count). The lowest BCUT2D eigenvalue weighted by atomic mass is 9.94. The molecular formula is C26H20ClF2N3O3. The maximum Gasteiger partial charge on any atom is 0.185 e. The van der Waals surface area contributed by atoms with Gasteiger partial charge in [-0.15, -0.1) is 0 Å². The van der Waals surface area contributed by atoms with Gasteiger partial charge in [-0.05, 0) is 54.1 Å². The fourth-order valence-corrected chi connectivity index (χ4v) is 3.54. The van der Waals surface area contributed by atoms with E-state index >= 15 is 0 Å². The van der Waals surface area contributed by atoms with Crippen molar-refractivity contribution in [3.05, 3.63) is 119 Å². The van der Waals surface area contributed by atoms with Crippen LogP contribution in [0, 0.1) is 11.6 Å². The van der Waals surface area contributed by atoms with Crippen molar-refractivity contribution < 1.29 is 23.4 Å². The van der Waals surface area contributed by atoms with E-state index in [4.69, 9.17) is 16.3 Å². The molecule has 0 aliphatic carbocycles. The van der Waals surface area contributed by atoms with Gasteiger partial charge >= 0.3 is 0 Å². The number of carbonyl (C=O) groups excluding carboxylic acids is 1. The van der Waals surface area contributed by atoms with Gasteiger partial charge in [0.2, 0.25) is 0 Å². The molecule has 0 fully saturated rings. The third-order valence-corrected chi connectivity index (χ3v) is 5.49. The number of hydrogen-bond acceptors (Lipinski definition) is 5. The summed E-state index contributed by atoms with van der Waals surface area (Å²) >= 11 is 5.86. The number of hydrogen-bond donors (Lipinski definition) is 1. The van der Waals surface area contributed by atoms with E-state index in [0.717, 1.165) is 11.6 Å². The highest BCUT2D eigenvalue weighted by Crippen LogP contribution is 2.28. The van der Waals surface area contributed by atoms with Gasteiger partial charge in [0.25, 0.3) is 0 Å². The smallest absolute Gasteiger partial charge is 0.185 e. The Balaban J connectivity index is 1.47. The summed E-state index contributed by atoms with van der Waals surface area (Å²) in [5.74, 6) is -1.53. The topological polar surface area (TPSA) is 77.2 Å². The van der Waals surface area contributed by atoms with Crippen molar-refractivity contribution in [3.8, 4) is 5.75 Å². The predicted molar refractivity (Wildman–Crippen MR) is 127 cm³/mol. The van der Waals surface area contributed by atoms with Crippen molar-refractivity contribution in [1.29, 1.82) is 0 Å². The fraction of sp³-hybridized carbons (Fsp3) is 0.115. The summed E-state index contributed by atoms with van der Waals surface area (Å²) < 4.78 is 35.0. The molecule has 1 N–H and O–H groups in total. The second-order valence-electron chi connectivity index (χ2n) is 7.81. The van der Waals surface area contributed by atoms with E-state index in [2.05, 4.69) is 10.1 Å². The van der Waals surface area contributed by atoms with Crippen molar-refractivity contribution >= 4 is 23.5 Å². The molecule has 1 heterocycles. The summed E-state index contributed by atoms with van der Waals surface area (Å²) in [6.45, 7) is -0.541. The zero-order chi connectivity index (χ0) is 24.8. The lowest BCUT2D eigenvalue weighted by Crippen LogP contribution is -2.39. The first-order valence-corrected chi connectivity index (χ1v) is 10.9.